The molecule has 0 aliphatic rings. The maximum absolute atomic E-state index is 12.1. The molecule has 0 unspecified atom stereocenters. The normalized spacial score (nSPS) is 10.7. The molecule has 0 aliphatic heterocycles. The first kappa shape index (κ1) is 16.7. The molecule has 2 rings (SSSR count). The number of carbonyl (C=O) groups excluding carboxylic acids is 1. The van der Waals surface area contributed by atoms with Crippen LogP contribution in [0.3, 0.4) is 0 Å². The molecule has 0 atom stereocenters. The van der Waals surface area contributed by atoms with Crippen LogP contribution in [0.4, 0.5) is 5.69 Å². The summed E-state index contributed by atoms with van der Waals surface area (Å²) in [6.07, 6.45) is 2.79. The zero-order valence-electron chi connectivity index (χ0n) is 12.0. The molecule has 0 saturated heterocycles. The first-order chi connectivity index (χ1) is 10.9. The van der Waals surface area contributed by atoms with E-state index in [1.54, 1.807) is 6.07 Å². The molecule has 7 heteroatoms. The Morgan fingerprint density at radius 3 is 2.74 bits per heavy atom. The fourth-order valence-corrected chi connectivity index (χ4v) is 2.34. The average molecular weight is 378 g/mol. The number of hydrogen-bond donors (Lipinski definition) is 1. The number of methoxy groups -OCH3 is 1. The third-order valence-electron chi connectivity index (χ3n) is 3.05. The summed E-state index contributed by atoms with van der Waals surface area (Å²) in [5.74, 6) is -0.131. The van der Waals surface area contributed by atoms with Crippen LogP contribution in [0.5, 0.6) is 11.5 Å². The average Bonchev–Trinajstić information content (AvgIpc) is 2.54. The number of nitro groups is 1. The standard InChI is InChI=1S/C16H12BrNO5/c1-23-16-9-13(17)10(8-15(16)20)5-6-14(19)11-3-2-4-12(7-11)18(21)22/h2-9,20H,1H3/b6-5+. The number of benzene rings is 2. The zero-order chi connectivity index (χ0) is 17.0. The molecular formula is C16H12BrNO5. The number of phenolic OH excluding ortho intramolecular Hbond substituents is 1. The largest absolute Gasteiger partial charge is 0.504 e. The van der Waals surface area contributed by atoms with Crippen LogP contribution in [0, 0.1) is 10.1 Å². The van der Waals surface area contributed by atoms with Crippen molar-refractivity contribution >= 4 is 33.5 Å². The van der Waals surface area contributed by atoms with Gasteiger partial charge in [-0.1, -0.05) is 28.1 Å². The molecule has 0 saturated carbocycles. The van der Waals surface area contributed by atoms with Crippen molar-refractivity contribution in [3.63, 3.8) is 0 Å². The maximum atomic E-state index is 12.1. The highest BCUT2D eigenvalue weighted by Crippen LogP contribution is 2.33. The van der Waals surface area contributed by atoms with E-state index in [9.17, 15) is 20.0 Å². The molecule has 2 aromatic carbocycles. The molecule has 0 spiro atoms. The Bertz CT molecular complexity index is 801. The molecular weight excluding hydrogens is 366 g/mol. The Morgan fingerprint density at radius 2 is 2.09 bits per heavy atom. The van der Waals surface area contributed by atoms with Gasteiger partial charge in [0.25, 0.3) is 5.69 Å². The Balaban J connectivity index is 2.26. The summed E-state index contributed by atoms with van der Waals surface area (Å²) in [5.41, 5.74) is 0.638. The van der Waals surface area contributed by atoms with E-state index in [1.165, 1.54) is 49.6 Å². The minimum Gasteiger partial charge on any atom is -0.504 e. The van der Waals surface area contributed by atoms with Gasteiger partial charge < -0.3 is 9.84 Å². The van der Waals surface area contributed by atoms with Gasteiger partial charge >= 0.3 is 0 Å². The number of nitro benzene ring substituents is 1. The van der Waals surface area contributed by atoms with Gasteiger partial charge in [-0.05, 0) is 29.8 Å². The van der Waals surface area contributed by atoms with Gasteiger partial charge in [0, 0.05) is 22.2 Å². The van der Waals surface area contributed by atoms with Gasteiger partial charge in [0.1, 0.15) is 0 Å². The SMILES string of the molecule is COc1cc(Br)c(/C=C/C(=O)c2cccc([N+](=O)[O-])c2)cc1O. The predicted octanol–water partition coefficient (Wildman–Crippen LogP) is 3.97. The van der Waals surface area contributed by atoms with Crippen molar-refractivity contribution in [1.82, 2.24) is 0 Å². The van der Waals surface area contributed by atoms with Gasteiger partial charge in [0.2, 0.25) is 0 Å². The number of ketones is 1. The molecule has 0 bridgehead atoms. The fraction of sp³-hybridized carbons (Fsp3) is 0.0625. The number of ether oxygens (including phenoxy) is 1. The number of halogens is 1. The Kier molecular flexibility index (Phi) is 5.13. The van der Waals surface area contributed by atoms with Crippen LogP contribution in [0.2, 0.25) is 0 Å². The van der Waals surface area contributed by atoms with Crippen molar-refractivity contribution in [3.8, 4) is 11.5 Å². The zero-order valence-corrected chi connectivity index (χ0v) is 13.6. The van der Waals surface area contributed by atoms with Crippen LogP contribution in [0.15, 0.2) is 46.9 Å². The van der Waals surface area contributed by atoms with Crippen LogP contribution in [-0.4, -0.2) is 22.9 Å². The van der Waals surface area contributed by atoms with Gasteiger partial charge in [-0.15, -0.1) is 0 Å². The highest BCUT2D eigenvalue weighted by molar-refractivity contribution is 9.10. The monoisotopic (exact) mass is 377 g/mol. The lowest BCUT2D eigenvalue weighted by molar-refractivity contribution is -0.384. The highest BCUT2D eigenvalue weighted by atomic mass is 79.9. The number of hydrogen-bond acceptors (Lipinski definition) is 5. The molecule has 0 heterocycles. The number of carbonyl (C=O) groups is 1. The summed E-state index contributed by atoms with van der Waals surface area (Å²) in [6, 6.07) is 8.51. The number of rotatable bonds is 5. The minimum absolute atomic E-state index is 0.0573. The lowest BCUT2D eigenvalue weighted by Gasteiger charge is -2.06. The molecule has 0 radical (unpaired) electrons. The molecule has 0 aromatic heterocycles. The number of aromatic hydroxyl groups is 1. The topological polar surface area (TPSA) is 89.7 Å². The second-order valence-corrected chi connectivity index (χ2v) is 5.40. The summed E-state index contributed by atoms with van der Waals surface area (Å²) < 4.78 is 5.61. The minimum atomic E-state index is -0.557. The summed E-state index contributed by atoms with van der Waals surface area (Å²) in [5, 5.41) is 20.5. The van der Waals surface area contributed by atoms with Gasteiger partial charge in [0.05, 0.1) is 12.0 Å². The predicted molar refractivity (Wildman–Crippen MR) is 88.8 cm³/mol. The van der Waals surface area contributed by atoms with Crippen molar-refractivity contribution < 1.29 is 19.6 Å². The van der Waals surface area contributed by atoms with Crippen molar-refractivity contribution in [2.24, 2.45) is 0 Å². The van der Waals surface area contributed by atoms with Crippen LogP contribution in [-0.2, 0) is 0 Å². The Hall–Kier alpha value is -2.67. The van der Waals surface area contributed by atoms with E-state index in [2.05, 4.69) is 15.9 Å². The lowest BCUT2D eigenvalue weighted by atomic mass is 10.1. The van der Waals surface area contributed by atoms with Gasteiger partial charge in [-0.2, -0.15) is 0 Å². The molecule has 6 nitrogen and oxygen atoms in total. The van der Waals surface area contributed by atoms with Crippen molar-refractivity contribution in [2.45, 2.75) is 0 Å². The van der Waals surface area contributed by atoms with Gasteiger partial charge in [-0.3, -0.25) is 14.9 Å². The second kappa shape index (κ2) is 7.06. The third-order valence-corrected chi connectivity index (χ3v) is 3.74. The molecule has 0 amide bonds. The van der Waals surface area contributed by atoms with Crippen molar-refractivity contribution in [1.29, 1.82) is 0 Å². The molecule has 0 fully saturated rings. The smallest absolute Gasteiger partial charge is 0.270 e. The summed E-state index contributed by atoms with van der Waals surface area (Å²) in [7, 11) is 1.43. The number of non-ortho nitro benzene ring substituents is 1. The first-order valence-corrected chi connectivity index (χ1v) is 7.25. The van der Waals surface area contributed by atoms with E-state index in [4.69, 9.17) is 4.74 Å². The van der Waals surface area contributed by atoms with Crippen LogP contribution in [0.1, 0.15) is 15.9 Å². The fourth-order valence-electron chi connectivity index (χ4n) is 1.89. The summed E-state index contributed by atoms with van der Waals surface area (Å²) in [4.78, 5) is 22.3. The first-order valence-electron chi connectivity index (χ1n) is 6.45. The second-order valence-electron chi connectivity index (χ2n) is 4.55. The maximum Gasteiger partial charge on any atom is 0.270 e. The van der Waals surface area contributed by atoms with Crippen molar-refractivity contribution in [3.05, 3.63) is 68.2 Å². The quantitative estimate of drug-likeness (QED) is 0.368. The summed E-state index contributed by atoms with van der Waals surface area (Å²) in [6.45, 7) is 0. The van der Waals surface area contributed by atoms with E-state index in [1.807, 2.05) is 0 Å². The molecule has 23 heavy (non-hydrogen) atoms. The Morgan fingerprint density at radius 1 is 1.35 bits per heavy atom. The van der Waals surface area contributed by atoms with Crippen LogP contribution in [0.25, 0.3) is 6.08 Å². The van der Waals surface area contributed by atoms with Crippen LogP contribution >= 0.6 is 15.9 Å². The van der Waals surface area contributed by atoms with Gasteiger partial charge in [0.15, 0.2) is 17.3 Å². The highest BCUT2D eigenvalue weighted by Gasteiger charge is 2.10. The van der Waals surface area contributed by atoms with Gasteiger partial charge in [-0.25, -0.2) is 0 Å². The van der Waals surface area contributed by atoms with E-state index in [-0.39, 0.29) is 22.8 Å². The molecule has 0 aliphatic carbocycles. The van der Waals surface area contributed by atoms with E-state index < -0.39 is 4.92 Å². The van der Waals surface area contributed by atoms with Crippen molar-refractivity contribution in [2.75, 3.05) is 7.11 Å². The summed E-state index contributed by atoms with van der Waals surface area (Å²) >= 11 is 3.32. The van der Waals surface area contributed by atoms with E-state index in [0.717, 1.165) is 0 Å². The van der Waals surface area contributed by atoms with Crippen LogP contribution < -0.4 is 4.74 Å². The Labute approximate surface area is 140 Å². The number of phenols is 1. The lowest BCUT2D eigenvalue weighted by Crippen LogP contribution is -1.96. The van der Waals surface area contributed by atoms with E-state index >= 15 is 0 Å². The third kappa shape index (κ3) is 3.95. The molecule has 118 valence electrons. The molecule has 1 N–H and O–H groups in total. The molecule has 2 aromatic rings. The van der Waals surface area contributed by atoms with E-state index in [0.29, 0.717) is 15.8 Å². The number of allylic oxidation sites excluding steroid dienone is 1. The number of nitrogens with zero attached hydrogens (tertiary/aromatic N) is 1.